The smallest absolute Gasteiger partial charge is 0.423 e. The van der Waals surface area contributed by atoms with Crippen molar-refractivity contribution in [2.45, 2.75) is 58.6 Å². The summed E-state index contributed by atoms with van der Waals surface area (Å²) < 4.78 is 338. The Bertz CT molecular complexity index is 1370. The van der Waals surface area contributed by atoms with Crippen LogP contribution in [-0.2, 0) is 10.1 Å². The number of alkyl halides is 19. The van der Waals surface area contributed by atoms with Crippen molar-refractivity contribution in [2.75, 3.05) is 0 Å². The number of hydrogen-bond acceptors (Lipinski definition) is 3. The molecule has 1 aromatic rings. The van der Waals surface area contributed by atoms with Gasteiger partial charge in [0.05, 0.1) is 0 Å². The van der Waals surface area contributed by atoms with Gasteiger partial charge in [-0.25, -0.2) is 13.2 Å². The second-order valence-corrected chi connectivity index (χ2v) is 8.88. The summed E-state index contributed by atoms with van der Waals surface area (Å²) in [5.74, 6) is -82.0. The summed E-state index contributed by atoms with van der Waals surface area (Å²) in [6.07, 6.45) is -16.3. The molecule has 4 nitrogen and oxygen atoms in total. The van der Waals surface area contributed by atoms with E-state index in [1.165, 1.54) is 0 Å². The molecule has 0 aromatic heterocycles. The molecule has 0 saturated carbocycles. The van der Waals surface area contributed by atoms with Crippen LogP contribution in [0.5, 0.6) is 5.75 Å². The van der Waals surface area contributed by atoms with Crippen LogP contribution in [0.2, 0.25) is 0 Å². The van der Waals surface area contributed by atoms with Gasteiger partial charge in [0.1, 0.15) is 0 Å². The van der Waals surface area contributed by atoms with E-state index in [4.69, 9.17) is 4.55 Å². The summed E-state index contributed by atoms with van der Waals surface area (Å²) >= 11 is 0. The summed E-state index contributed by atoms with van der Waals surface area (Å²) in [5, 5.41) is 0. The van der Waals surface area contributed by atoms with E-state index in [2.05, 4.69) is 4.74 Å². The molecule has 1 rings (SSSR count). The zero-order valence-corrected chi connectivity index (χ0v) is 22.1. The van der Waals surface area contributed by atoms with E-state index in [1.807, 2.05) is 0 Å². The molecule has 0 unspecified atom stereocenters. The molecule has 0 aliphatic carbocycles. The SMILES string of the molecule is O=S(=O)(O)c1c(F)c(F)c(F)c(F)c1OC(F)(F)C(F)(F)C(F)(F)C(F)(F)C(F)(F)C(F)(F)C(F)(F)C(F)(F)C(F)(F)F.[Na]. The van der Waals surface area contributed by atoms with Crippen molar-refractivity contribution in [3.63, 3.8) is 0 Å². The number of halogens is 23. The number of hydrogen-bond donors (Lipinski definition) is 1. The molecule has 0 amide bonds. The summed E-state index contributed by atoms with van der Waals surface area (Å²) in [4.78, 5) is -3.58. The zero-order chi connectivity index (χ0) is 35.2. The van der Waals surface area contributed by atoms with Gasteiger partial charge >= 0.3 is 63.9 Å². The second-order valence-electron chi connectivity index (χ2n) is 7.53. The van der Waals surface area contributed by atoms with Gasteiger partial charge < -0.3 is 4.74 Å². The fourth-order valence-corrected chi connectivity index (χ4v) is 3.13. The summed E-state index contributed by atoms with van der Waals surface area (Å²) in [5.41, 5.74) is 0. The van der Waals surface area contributed by atoms with Gasteiger partial charge in [-0.15, -0.1) is 0 Å². The van der Waals surface area contributed by atoms with Gasteiger partial charge in [0.25, 0.3) is 0 Å². The molecule has 44 heavy (non-hydrogen) atoms. The maximum atomic E-state index is 13.9. The maximum absolute atomic E-state index is 13.9. The van der Waals surface area contributed by atoms with Crippen molar-refractivity contribution in [1.29, 1.82) is 0 Å². The van der Waals surface area contributed by atoms with E-state index in [0.29, 0.717) is 0 Å². The zero-order valence-electron chi connectivity index (χ0n) is 19.3. The van der Waals surface area contributed by atoms with Gasteiger partial charge in [0, 0.05) is 29.6 Å². The minimum Gasteiger partial charge on any atom is -0.423 e. The molecule has 1 radical (unpaired) electrons. The average molecular weight is 737 g/mol. The van der Waals surface area contributed by atoms with E-state index >= 15 is 0 Å². The molecule has 0 bridgehead atoms. The molecule has 1 N–H and O–H groups in total. The molecule has 0 aliphatic heterocycles. The van der Waals surface area contributed by atoms with Crippen LogP contribution >= 0.6 is 0 Å². The summed E-state index contributed by atoms with van der Waals surface area (Å²) in [7, 11) is -6.92. The Hall–Kier alpha value is -1.68. The summed E-state index contributed by atoms with van der Waals surface area (Å²) in [6.45, 7) is 0. The molecule has 0 atom stereocenters. The predicted molar refractivity (Wildman–Crippen MR) is 88.1 cm³/mol. The topological polar surface area (TPSA) is 63.6 Å². The van der Waals surface area contributed by atoms with Crippen LogP contribution < -0.4 is 4.74 Å². The van der Waals surface area contributed by atoms with Crippen LogP contribution in [0, 0.1) is 23.3 Å². The Balaban J connectivity index is 0.0000185. The summed E-state index contributed by atoms with van der Waals surface area (Å²) in [6, 6.07) is 0. The minimum absolute atomic E-state index is 0. The van der Waals surface area contributed by atoms with Crippen LogP contribution in [0.15, 0.2) is 4.90 Å². The molecule has 0 heterocycles. The number of benzene rings is 1. The van der Waals surface area contributed by atoms with Gasteiger partial charge in [-0.3, -0.25) is 4.55 Å². The van der Waals surface area contributed by atoms with Gasteiger partial charge in [-0.1, -0.05) is 0 Å². The quantitative estimate of drug-likeness (QED) is 0.0917. The van der Waals surface area contributed by atoms with Crippen LogP contribution in [0.1, 0.15) is 0 Å². The fourth-order valence-electron chi connectivity index (χ4n) is 2.45. The third-order valence-corrected chi connectivity index (χ3v) is 5.64. The van der Waals surface area contributed by atoms with Gasteiger partial charge in [-0.2, -0.15) is 96.2 Å². The first-order valence-corrected chi connectivity index (χ1v) is 10.4. The van der Waals surface area contributed by atoms with Gasteiger partial charge in [-0.05, 0) is 0 Å². The van der Waals surface area contributed by atoms with E-state index in [9.17, 15) is 109 Å². The van der Waals surface area contributed by atoms with Crippen LogP contribution in [0.4, 0.5) is 101 Å². The monoisotopic (exact) mass is 737 g/mol. The molecular formula is C15HF23NaO4S. The second kappa shape index (κ2) is 11.2. The van der Waals surface area contributed by atoms with Crippen LogP contribution in [-0.4, -0.2) is 96.3 Å². The first-order valence-electron chi connectivity index (χ1n) is 8.97. The minimum atomic E-state index is -9.36. The Morgan fingerprint density at radius 1 is 0.455 bits per heavy atom. The van der Waals surface area contributed by atoms with E-state index in [0.717, 1.165) is 0 Å². The molecule has 253 valence electrons. The van der Waals surface area contributed by atoms with E-state index in [1.54, 1.807) is 0 Å². The normalized spacial score (nSPS) is 15.3. The van der Waals surface area contributed by atoms with Gasteiger partial charge in [0.2, 0.25) is 11.6 Å². The maximum Gasteiger partial charge on any atom is 0.471 e. The standard InChI is InChI=1S/C15HF23O4S.Na/c16-1-2(17)4(19)6(43(39,40)41)5(3(1)18)42-15(37,38)13(32,33)11(28,29)9(24,25)7(20,21)8(22,23)10(26,27)12(30,31)14(34,35)36;/h(H,39,40,41);. The molecule has 29 heteroatoms. The van der Waals surface area contributed by atoms with Crippen LogP contribution in [0.3, 0.4) is 0 Å². The Kier molecular flexibility index (Phi) is 10.8. The Labute approximate surface area is 246 Å². The first kappa shape index (κ1) is 42.3. The number of rotatable bonds is 10. The molecule has 0 spiro atoms. The predicted octanol–water partition coefficient (Wildman–Crippen LogP) is 7.09. The van der Waals surface area contributed by atoms with Crippen molar-refractivity contribution < 1.29 is 119 Å². The third kappa shape index (κ3) is 5.62. The van der Waals surface area contributed by atoms with E-state index in [-0.39, 0.29) is 29.6 Å². The van der Waals surface area contributed by atoms with E-state index < -0.39 is 97.8 Å². The molecular weight excluding hydrogens is 736 g/mol. The van der Waals surface area contributed by atoms with Crippen molar-refractivity contribution in [3.05, 3.63) is 23.3 Å². The largest absolute Gasteiger partial charge is 0.471 e. The van der Waals surface area contributed by atoms with Gasteiger partial charge in [0.15, 0.2) is 22.3 Å². The molecule has 0 aliphatic rings. The fraction of sp³-hybridized carbons (Fsp3) is 0.600. The van der Waals surface area contributed by atoms with Crippen molar-refractivity contribution in [2.24, 2.45) is 0 Å². The first-order chi connectivity index (χ1) is 18.4. The van der Waals surface area contributed by atoms with Crippen molar-refractivity contribution >= 4 is 39.7 Å². The number of ether oxygens (including phenoxy) is 1. The average Bonchev–Trinajstić information content (AvgIpc) is 2.78. The van der Waals surface area contributed by atoms with Crippen molar-refractivity contribution in [3.8, 4) is 5.75 Å². The van der Waals surface area contributed by atoms with Crippen LogP contribution in [0.25, 0.3) is 0 Å². The Morgan fingerprint density at radius 3 is 1.02 bits per heavy atom. The van der Waals surface area contributed by atoms with Crippen molar-refractivity contribution in [1.82, 2.24) is 0 Å². The molecule has 1 aromatic carbocycles. The third-order valence-electron chi connectivity index (χ3n) is 4.76. The Morgan fingerprint density at radius 2 is 0.727 bits per heavy atom. The molecule has 0 fully saturated rings. The molecule has 0 saturated heterocycles.